The van der Waals surface area contributed by atoms with E-state index in [1.807, 2.05) is 12.1 Å². The summed E-state index contributed by atoms with van der Waals surface area (Å²) in [5.74, 6) is 0.473. The molecule has 2 heterocycles. The number of methoxy groups -OCH3 is 1. The molecule has 2 saturated heterocycles. The van der Waals surface area contributed by atoms with Crippen LogP contribution in [-0.4, -0.2) is 95.2 Å². The summed E-state index contributed by atoms with van der Waals surface area (Å²) in [5.41, 5.74) is 0.672. The summed E-state index contributed by atoms with van der Waals surface area (Å²) in [6, 6.07) is 8.07. The normalized spacial score (nSPS) is 48.5. The zero-order chi connectivity index (χ0) is 38.5. The number of allylic oxidation sites excluding steroid dienone is 1. The molecule has 2 bridgehead atoms. The highest BCUT2D eigenvalue weighted by atomic mass is 16.7. The fourth-order valence-electron chi connectivity index (χ4n) is 13.4. The van der Waals surface area contributed by atoms with Crippen molar-refractivity contribution in [3.05, 3.63) is 41.5 Å². The van der Waals surface area contributed by atoms with Gasteiger partial charge in [-0.2, -0.15) is 0 Å². The molecule has 0 amide bonds. The highest BCUT2D eigenvalue weighted by Crippen LogP contribution is 2.75. The second-order valence-electron chi connectivity index (χ2n) is 19.2. The number of carbonyl (C=O) groups is 1. The van der Waals surface area contributed by atoms with E-state index in [1.54, 1.807) is 7.11 Å². The number of rotatable bonds is 8. The molecule has 3 saturated carbocycles. The van der Waals surface area contributed by atoms with Gasteiger partial charge in [0.2, 0.25) is 0 Å². The number of aliphatic hydroxyl groups excluding tert-OH is 4. The van der Waals surface area contributed by atoms with Crippen molar-refractivity contribution >= 4 is 5.97 Å². The van der Waals surface area contributed by atoms with Crippen LogP contribution in [0.5, 0.6) is 5.75 Å². The highest BCUT2D eigenvalue weighted by molar-refractivity contribution is 5.73. The molecule has 0 aromatic heterocycles. The van der Waals surface area contributed by atoms with E-state index in [9.17, 15) is 30.3 Å². The Balaban J connectivity index is 1.32. The topological polar surface area (TPSA) is 155 Å². The Morgan fingerprint density at radius 2 is 1.64 bits per heavy atom. The maximum absolute atomic E-state index is 13.5. The lowest BCUT2D eigenvalue weighted by molar-refractivity contribution is -0.339. The van der Waals surface area contributed by atoms with Crippen molar-refractivity contribution in [2.24, 2.45) is 56.7 Å². The van der Waals surface area contributed by atoms with E-state index in [1.165, 1.54) is 5.57 Å². The number of carboxylic acid groups (broad SMARTS) is 1. The number of carboxylic acids is 1. The van der Waals surface area contributed by atoms with Gasteiger partial charge in [-0.3, -0.25) is 4.79 Å². The Hall–Kier alpha value is -2.05. The molecule has 10 nitrogen and oxygen atoms in total. The molecule has 16 atom stereocenters. The molecule has 10 heteroatoms. The van der Waals surface area contributed by atoms with Gasteiger partial charge < -0.3 is 44.5 Å². The number of ether oxygens (including phenoxy) is 4. The second kappa shape index (κ2) is 13.6. The van der Waals surface area contributed by atoms with Crippen LogP contribution < -0.4 is 4.74 Å². The van der Waals surface area contributed by atoms with Crippen LogP contribution in [0.1, 0.15) is 98.5 Å². The van der Waals surface area contributed by atoms with E-state index >= 15 is 0 Å². The lowest BCUT2D eigenvalue weighted by atomic mass is 9.34. The van der Waals surface area contributed by atoms with Gasteiger partial charge in [-0.05, 0) is 96.1 Å². The van der Waals surface area contributed by atoms with Crippen molar-refractivity contribution in [3.63, 3.8) is 0 Å². The molecule has 1 unspecified atom stereocenters. The molecular weight excluding hydrogens is 676 g/mol. The number of hydrogen-bond acceptors (Lipinski definition) is 9. The molecular formula is C43H64O10. The Labute approximate surface area is 315 Å². The van der Waals surface area contributed by atoms with E-state index < -0.39 is 66.1 Å². The monoisotopic (exact) mass is 740 g/mol. The smallest absolute Gasteiger partial charge is 0.307 e. The summed E-state index contributed by atoms with van der Waals surface area (Å²) in [5, 5.41) is 53.5. The summed E-state index contributed by atoms with van der Waals surface area (Å²) in [4.78, 5) is 13.5. The maximum Gasteiger partial charge on any atom is 0.307 e. The number of aliphatic hydroxyl groups is 4. The third-order valence-electron chi connectivity index (χ3n) is 16.8. The molecule has 2 aliphatic heterocycles. The van der Waals surface area contributed by atoms with Crippen molar-refractivity contribution in [1.29, 1.82) is 0 Å². The van der Waals surface area contributed by atoms with Gasteiger partial charge in [-0.1, -0.05) is 72.2 Å². The third kappa shape index (κ3) is 5.54. The molecule has 5 fully saturated rings. The molecule has 1 aromatic rings. The van der Waals surface area contributed by atoms with Gasteiger partial charge in [0.15, 0.2) is 6.29 Å². The molecule has 0 radical (unpaired) electrons. The van der Waals surface area contributed by atoms with Gasteiger partial charge in [0.05, 0.1) is 39.0 Å². The van der Waals surface area contributed by atoms with Crippen molar-refractivity contribution < 1.29 is 49.3 Å². The third-order valence-corrected chi connectivity index (χ3v) is 16.8. The van der Waals surface area contributed by atoms with Gasteiger partial charge in [0.25, 0.3) is 0 Å². The summed E-state index contributed by atoms with van der Waals surface area (Å²) in [6.45, 7) is 16.3. The van der Waals surface area contributed by atoms with Gasteiger partial charge in [-0.15, -0.1) is 0 Å². The van der Waals surface area contributed by atoms with E-state index in [-0.39, 0.29) is 39.9 Å². The van der Waals surface area contributed by atoms with Crippen molar-refractivity contribution in [1.82, 2.24) is 0 Å². The zero-order valence-corrected chi connectivity index (χ0v) is 33.0. The average molecular weight is 741 g/mol. The minimum atomic E-state index is -1.54. The van der Waals surface area contributed by atoms with Crippen LogP contribution in [0.15, 0.2) is 35.9 Å². The van der Waals surface area contributed by atoms with E-state index in [2.05, 4.69) is 66.7 Å². The molecule has 4 aliphatic carbocycles. The van der Waals surface area contributed by atoms with Gasteiger partial charge in [-0.25, -0.2) is 0 Å². The Morgan fingerprint density at radius 1 is 0.943 bits per heavy atom. The number of hydrogen-bond donors (Lipinski definition) is 5. The first-order chi connectivity index (χ1) is 24.9. The van der Waals surface area contributed by atoms with Crippen LogP contribution in [0, 0.1) is 56.7 Å². The quantitative estimate of drug-likeness (QED) is 0.169. The molecule has 5 N–H and O–H groups in total. The summed E-state index contributed by atoms with van der Waals surface area (Å²) in [6.07, 6.45) is 0.213. The lowest BCUT2D eigenvalue weighted by Crippen LogP contribution is -2.69. The fourth-order valence-corrected chi connectivity index (χ4v) is 13.4. The lowest BCUT2D eigenvalue weighted by Gasteiger charge is -2.71. The van der Waals surface area contributed by atoms with Gasteiger partial charge in [0.1, 0.15) is 30.2 Å². The molecule has 1 aromatic carbocycles. The van der Waals surface area contributed by atoms with Gasteiger partial charge >= 0.3 is 5.97 Å². The zero-order valence-electron chi connectivity index (χ0n) is 33.0. The first-order valence-corrected chi connectivity index (χ1v) is 20.0. The standard InChI is InChI=1S/C43H64O10/c1-23(2)24(3)39(4)17-18-41(6)28-13-14-31-40(5)21-51-22-43(31,29(28)15-16-42(41,7)35(39)37(48)49)19-27(25-9-11-26(50-8)12-10-25)36(40)53-38-34(47)33(46)32(45)30(20-44)52-38/h9-12,15,23-24,27-28,30-36,38,44-47H,13-14,16-22H2,1-8H3,(H,48,49)/t24-,27+,28+,30-,31+,32-,33+,34-,35-,36+,38+,39-,40?,41-,42+,43+/m1/s1. The largest absolute Gasteiger partial charge is 0.497 e. The molecule has 0 spiro atoms. The predicted molar refractivity (Wildman–Crippen MR) is 198 cm³/mol. The average Bonchev–Trinajstić information content (AvgIpc) is 3.12. The molecule has 6 aliphatic rings. The summed E-state index contributed by atoms with van der Waals surface area (Å²) < 4.78 is 25.0. The van der Waals surface area contributed by atoms with Crippen LogP contribution in [0.25, 0.3) is 0 Å². The number of fused-ring (bicyclic) bond motifs is 3. The van der Waals surface area contributed by atoms with Crippen LogP contribution in [0.4, 0.5) is 0 Å². The Bertz CT molecular complexity index is 1560. The van der Waals surface area contributed by atoms with Crippen LogP contribution in [0.3, 0.4) is 0 Å². The van der Waals surface area contributed by atoms with Gasteiger partial charge in [0, 0.05) is 16.7 Å². The minimum absolute atomic E-state index is 0.160. The van der Waals surface area contributed by atoms with Crippen LogP contribution in [-0.2, 0) is 19.0 Å². The van der Waals surface area contributed by atoms with Crippen LogP contribution in [0.2, 0.25) is 0 Å². The van der Waals surface area contributed by atoms with Crippen molar-refractivity contribution in [2.75, 3.05) is 26.9 Å². The summed E-state index contributed by atoms with van der Waals surface area (Å²) in [7, 11) is 1.64. The Morgan fingerprint density at radius 3 is 2.26 bits per heavy atom. The van der Waals surface area contributed by atoms with E-state index in [0.29, 0.717) is 25.6 Å². The SMILES string of the molecule is COc1ccc([C@@H]2C[C@@]34COCC(C)([C@H]2O[C@@H]2O[C@H](CO)[C@@H](O)[C@H](O)[C@H]2O)[C@@H]3CC[C@H]2C4=CC[C@@]3(C)[C@H](C(=O)O)[C@@](C)([C@H](C)C(C)C)CC[C@]23C)cc1. The highest BCUT2D eigenvalue weighted by Gasteiger charge is 2.72. The fraction of sp³-hybridized carbons (Fsp3) is 0.791. The maximum atomic E-state index is 13.5. The summed E-state index contributed by atoms with van der Waals surface area (Å²) >= 11 is 0. The van der Waals surface area contributed by atoms with Crippen LogP contribution >= 0.6 is 0 Å². The second-order valence-corrected chi connectivity index (χ2v) is 19.2. The molecule has 7 rings (SSSR count). The molecule has 53 heavy (non-hydrogen) atoms. The Kier molecular flexibility index (Phi) is 10.0. The van der Waals surface area contributed by atoms with Crippen molar-refractivity contribution in [2.45, 2.75) is 130 Å². The number of aliphatic carboxylic acids is 1. The number of benzene rings is 1. The minimum Gasteiger partial charge on any atom is -0.497 e. The first kappa shape index (κ1) is 39.2. The first-order valence-electron chi connectivity index (χ1n) is 20.0. The molecule has 296 valence electrons. The van der Waals surface area contributed by atoms with E-state index in [4.69, 9.17) is 18.9 Å². The van der Waals surface area contributed by atoms with Crippen molar-refractivity contribution in [3.8, 4) is 5.75 Å². The van der Waals surface area contributed by atoms with E-state index in [0.717, 1.165) is 43.4 Å². The predicted octanol–water partition coefficient (Wildman–Crippen LogP) is 5.55.